The van der Waals surface area contributed by atoms with Crippen LogP contribution in [0.4, 0.5) is 5.69 Å². The number of nitrogens with zero attached hydrogens (tertiary/aromatic N) is 1. The smallest absolute Gasteiger partial charge is 0.292 e. The molecule has 0 unspecified atom stereocenters. The van der Waals surface area contributed by atoms with Gasteiger partial charge in [0.1, 0.15) is 0 Å². The van der Waals surface area contributed by atoms with E-state index < -0.39 is 0 Å². The summed E-state index contributed by atoms with van der Waals surface area (Å²) in [6.45, 7) is 0.745. The summed E-state index contributed by atoms with van der Waals surface area (Å²) in [4.78, 5) is 29.5. The number of aromatic nitrogens is 1. The van der Waals surface area contributed by atoms with Crippen molar-refractivity contribution in [3.63, 3.8) is 0 Å². The molecule has 2 amide bonds. The molecule has 1 fully saturated rings. The Labute approximate surface area is 155 Å². The van der Waals surface area contributed by atoms with E-state index in [4.69, 9.17) is 11.6 Å². The van der Waals surface area contributed by atoms with Crippen molar-refractivity contribution < 1.29 is 14.9 Å². The Kier molecular flexibility index (Phi) is 4.49. The normalized spacial score (nSPS) is 17.4. The highest BCUT2D eigenvalue weighted by molar-refractivity contribution is 6.31. The molecule has 5 nitrogen and oxygen atoms in total. The van der Waals surface area contributed by atoms with Crippen LogP contribution in [0.5, 0.6) is 0 Å². The Morgan fingerprint density at radius 1 is 1.15 bits per heavy atom. The maximum atomic E-state index is 12.7. The van der Waals surface area contributed by atoms with Crippen LogP contribution in [0.25, 0.3) is 10.9 Å². The van der Waals surface area contributed by atoms with Crippen molar-refractivity contribution in [2.24, 2.45) is 0 Å². The second kappa shape index (κ2) is 6.94. The van der Waals surface area contributed by atoms with E-state index in [2.05, 4.69) is 11.1 Å². The van der Waals surface area contributed by atoms with Gasteiger partial charge in [-0.25, -0.2) is 4.90 Å². The Balaban J connectivity index is 1.41. The largest absolute Gasteiger partial charge is 0.361 e. The zero-order valence-corrected chi connectivity index (χ0v) is 14.9. The summed E-state index contributed by atoms with van der Waals surface area (Å²) in [5.41, 5.74) is 2.88. The van der Waals surface area contributed by atoms with Gasteiger partial charge in [-0.3, -0.25) is 9.59 Å². The molecule has 1 aromatic heterocycles. The number of halogens is 1. The van der Waals surface area contributed by atoms with E-state index >= 15 is 0 Å². The number of benzene rings is 2. The molecule has 1 aliphatic rings. The number of nitrogens with one attached hydrogen (secondary N) is 1. The third-order valence-corrected chi connectivity index (χ3v) is 5.02. The molecule has 6 heteroatoms. The van der Waals surface area contributed by atoms with Crippen molar-refractivity contribution in [2.75, 3.05) is 11.4 Å². The Bertz CT molecular complexity index is 982. The van der Waals surface area contributed by atoms with E-state index in [1.54, 1.807) is 24.3 Å². The molecule has 0 radical (unpaired) electrons. The Hall–Kier alpha value is -2.63. The van der Waals surface area contributed by atoms with Crippen LogP contribution < -0.4 is 10.2 Å². The van der Waals surface area contributed by atoms with Gasteiger partial charge in [-0.2, -0.15) is 0 Å². The number of nitrogens with two attached hydrogens (primary N) is 1. The molecule has 2 aromatic carbocycles. The van der Waals surface area contributed by atoms with Crippen molar-refractivity contribution in [2.45, 2.75) is 18.9 Å². The number of hydrogen-bond donors (Lipinski definition) is 2. The number of aromatic amines is 1. The van der Waals surface area contributed by atoms with Gasteiger partial charge in [0.15, 0.2) is 6.04 Å². The van der Waals surface area contributed by atoms with Gasteiger partial charge in [-0.1, -0.05) is 35.9 Å². The van der Waals surface area contributed by atoms with Gasteiger partial charge in [0.2, 0.25) is 5.91 Å². The van der Waals surface area contributed by atoms with Gasteiger partial charge in [-0.05, 0) is 29.8 Å². The van der Waals surface area contributed by atoms with Crippen LogP contribution in [-0.2, 0) is 16.0 Å². The average molecular weight is 369 g/mol. The van der Waals surface area contributed by atoms with Crippen molar-refractivity contribution in [1.29, 1.82) is 0 Å². The van der Waals surface area contributed by atoms with E-state index in [9.17, 15) is 9.59 Å². The minimum absolute atomic E-state index is 0.170. The third kappa shape index (κ3) is 3.11. The molecule has 0 bridgehead atoms. The molecule has 1 atom stereocenters. The zero-order valence-electron chi connectivity index (χ0n) is 14.1. The van der Waals surface area contributed by atoms with E-state index in [0.29, 0.717) is 10.7 Å². The molecule has 0 aliphatic carbocycles. The number of fused-ring (bicyclic) bond motifs is 1. The van der Waals surface area contributed by atoms with E-state index in [1.807, 2.05) is 29.7 Å². The molecular weight excluding hydrogens is 350 g/mol. The van der Waals surface area contributed by atoms with Crippen LogP contribution >= 0.6 is 11.6 Å². The summed E-state index contributed by atoms with van der Waals surface area (Å²) in [6.07, 6.45) is 3.07. The van der Waals surface area contributed by atoms with Crippen molar-refractivity contribution in [3.8, 4) is 0 Å². The molecular formula is C20H19ClN3O2+. The molecule has 3 N–H and O–H groups in total. The fraction of sp³-hybridized carbons (Fsp3) is 0.200. The van der Waals surface area contributed by atoms with Crippen LogP contribution in [0, 0.1) is 0 Å². The molecule has 26 heavy (non-hydrogen) atoms. The first kappa shape index (κ1) is 16.8. The lowest BCUT2D eigenvalue weighted by Crippen LogP contribution is -2.92. The molecule has 4 rings (SSSR count). The lowest BCUT2D eigenvalue weighted by Gasteiger charge is -2.14. The van der Waals surface area contributed by atoms with Crippen LogP contribution in [0.15, 0.2) is 54.7 Å². The predicted octanol–water partition coefficient (Wildman–Crippen LogP) is 2.26. The third-order valence-electron chi connectivity index (χ3n) is 4.79. The van der Waals surface area contributed by atoms with Crippen LogP contribution in [-0.4, -0.2) is 29.4 Å². The van der Waals surface area contributed by atoms with Crippen molar-refractivity contribution >= 4 is 40.0 Å². The summed E-state index contributed by atoms with van der Waals surface area (Å²) in [5, 5.41) is 3.68. The summed E-state index contributed by atoms with van der Waals surface area (Å²) in [7, 11) is 0. The molecule has 1 saturated heterocycles. The number of amides is 2. The quantitative estimate of drug-likeness (QED) is 0.678. The summed E-state index contributed by atoms with van der Waals surface area (Å²) >= 11 is 5.98. The average Bonchev–Trinajstić information content (AvgIpc) is 3.16. The number of imide groups is 1. The second-order valence-electron chi connectivity index (χ2n) is 6.49. The summed E-state index contributed by atoms with van der Waals surface area (Å²) < 4.78 is 0. The fourth-order valence-electron chi connectivity index (χ4n) is 3.50. The van der Waals surface area contributed by atoms with Gasteiger partial charge in [0.05, 0.1) is 18.7 Å². The number of rotatable bonds is 5. The van der Waals surface area contributed by atoms with E-state index in [-0.39, 0.29) is 24.3 Å². The Morgan fingerprint density at radius 2 is 2.00 bits per heavy atom. The van der Waals surface area contributed by atoms with Crippen LogP contribution in [0.2, 0.25) is 5.02 Å². The summed E-state index contributed by atoms with van der Waals surface area (Å²) in [5.74, 6) is -0.346. The number of H-pyrrole nitrogens is 1. The summed E-state index contributed by atoms with van der Waals surface area (Å²) in [6, 6.07) is 14.6. The number of hydrogen-bond acceptors (Lipinski definition) is 2. The lowest BCUT2D eigenvalue weighted by molar-refractivity contribution is -0.674. The Morgan fingerprint density at radius 3 is 2.85 bits per heavy atom. The minimum atomic E-state index is -0.369. The number of carbonyl (C=O) groups is 2. The number of anilines is 1. The van der Waals surface area contributed by atoms with Crippen molar-refractivity contribution in [3.05, 3.63) is 65.3 Å². The second-order valence-corrected chi connectivity index (χ2v) is 6.93. The van der Waals surface area contributed by atoms with Gasteiger partial charge in [-0.15, -0.1) is 0 Å². The minimum Gasteiger partial charge on any atom is -0.361 e. The number of quaternary nitrogens is 1. The first-order chi connectivity index (χ1) is 12.6. The molecule has 2 heterocycles. The monoisotopic (exact) mass is 368 g/mol. The van der Waals surface area contributed by atoms with Gasteiger partial charge in [0.25, 0.3) is 5.91 Å². The van der Waals surface area contributed by atoms with E-state index in [0.717, 1.165) is 18.5 Å². The van der Waals surface area contributed by atoms with Gasteiger partial charge < -0.3 is 10.3 Å². The fourth-order valence-corrected chi connectivity index (χ4v) is 3.69. The predicted molar refractivity (Wildman–Crippen MR) is 101 cm³/mol. The highest BCUT2D eigenvalue weighted by atomic mass is 35.5. The lowest BCUT2D eigenvalue weighted by atomic mass is 10.1. The first-order valence-corrected chi connectivity index (χ1v) is 9.02. The number of carbonyl (C=O) groups excluding carboxylic acids is 2. The zero-order chi connectivity index (χ0) is 18.1. The molecule has 1 aliphatic heterocycles. The van der Waals surface area contributed by atoms with E-state index in [1.165, 1.54) is 15.8 Å². The van der Waals surface area contributed by atoms with Crippen molar-refractivity contribution in [1.82, 2.24) is 4.98 Å². The maximum Gasteiger partial charge on any atom is 0.292 e. The number of para-hydroxylation sites is 1. The molecule has 0 spiro atoms. The SMILES string of the molecule is O=C1C[C@H]([NH2+]CCc2c[nH]c3ccccc23)C(=O)N1c1cccc(Cl)c1. The standard InChI is InChI=1S/C20H18ClN3O2/c21-14-4-3-5-15(10-14)24-19(25)11-18(20(24)26)22-9-8-13-12-23-17-7-2-1-6-16(13)17/h1-7,10,12,18,22-23H,8-9,11H2/p+1/t18-/m0/s1. The van der Waals surface area contributed by atoms with Crippen LogP contribution in [0.1, 0.15) is 12.0 Å². The topological polar surface area (TPSA) is 69.8 Å². The maximum absolute atomic E-state index is 12.7. The first-order valence-electron chi connectivity index (χ1n) is 8.64. The van der Waals surface area contributed by atoms with Gasteiger partial charge in [0, 0.05) is 28.5 Å². The highest BCUT2D eigenvalue weighted by Gasteiger charge is 2.42. The molecule has 3 aromatic rings. The molecule has 0 saturated carbocycles. The molecule has 132 valence electrons. The van der Waals surface area contributed by atoms with Gasteiger partial charge >= 0.3 is 0 Å². The van der Waals surface area contributed by atoms with Crippen LogP contribution in [0.3, 0.4) is 0 Å². The highest BCUT2D eigenvalue weighted by Crippen LogP contribution is 2.24.